The summed E-state index contributed by atoms with van der Waals surface area (Å²) in [5.41, 5.74) is 1.02. The maximum atomic E-state index is 12.6. The monoisotopic (exact) mass is 410 g/mol. The quantitative estimate of drug-likeness (QED) is 0.578. The topological polar surface area (TPSA) is 64.4 Å². The van der Waals surface area contributed by atoms with Crippen LogP contribution in [0.25, 0.3) is 0 Å². The molecule has 8 heteroatoms. The van der Waals surface area contributed by atoms with E-state index in [4.69, 9.17) is 44.1 Å². The molecule has 3 rings (SSSR count). The fourth-order valence-electron chi connectivity index (χ4n) is 2.23. The first-order chi connectivity index (χ1) is 12.5. The molecule has 0 radical (unpaired) electrons. The summed E-state index contributed by atoms with van der Waals surface area (Å²) in [5, 5.41) is 7.64. The highest BCUT2D eigenvalue weighted by Crippen LogP contribution is 2.30. The number of nitrogens with zero attached hydrogens (tertiary/aromatic N) is 1. The second-order valence-corrected chi connectivity index (χ2v) is 6.59. The molecule has 0 saturated carbocycles. The Morgan fingerprint density at radius 1 is 1.19 bits per heavy atom. The summed E-state index contributed by atoms with van der Waals surface area (Å²) in [7, 11) is 0. The van der Waals surface area contributed by atoms with E-state index in [0.29, 0.717) is 32.8 Å². The Hall–Kier alpha value is -2.21. The Bertz CT molecular complexity index is 957. The zero-order valence-electron chi connectivity index (χ0n) is 13.6. The van der Waals surface area contributed by atoms with E-state index >= 15 is 0 Å². The highest BCUT2D eigenvalue weighted by molar-refractivity contribution is 6.44. The Kier molecular flexibility index (Phi) is 5.71. The summed E-state index contributed by atoms with van der Waals surface area (Å²) in [5.74, 6) is 0.576. The molecule has 0 saturated heterocycles. The molecular formula is C18H13Cl3N2O3. The number of nitrogens with one attached hydrogen (secondary N) is 1. The van der Waals surface area contributed by atoms with Crippen LogP contribution in [-0.2, 0) is 6.61 Å². The summed E-state index contributed by atoms with van der Waals surface area (Å²) >= 11 is 18.0. The van der Waals surface area contributed by atoms with Gasteiger partial charge < -0.3 is 14.6 Å². The van der Waals surface area contributed by atoms with Crippen molar-refractivity contribution >= 4 is 46.4 Å². The van der Waals surface area contributed by atoms with Gasteiger partial charge in [-0.15, -0.1) is 0 Å². The Labute approximate surface area is 164 Å². The van der Waals surface area contributed by atoms with E-state index in [2.05, 4.69) is 10.5 Å². The van der Waals surface area contributed by atoms with Gasteiger partial charge in [0.25, 0.3) is 5.91 Å². The van der Waals surface area contributed by atoms with Crippen LogP contribution in [0.4, 0.5) is 5.69 Å². The standard InChI is InChI=1S/C18H13Cl3N2O3/c1-10-13(9-25-12-5-2-4-11(19)8-12)17(23-26-10)18(24)22-15-7-3-6-14(20)16(15)21/h2-8H,9H2,1H3,(H,22,24). The highest BCUT2D eigenvalue weighted by Gasteiger charge is 2.21. The molecule has 1 heterocycles. The summed E-state index contributed by atoms with van der Waals surface area (Å²) in [4.78, 5) is 12.6. The molecule has 1 N–H and O–H groups in total. The third kappa shape index (κ3) is 4.12. The SMILES string of the molecule is Cc1onc(C(=O)Nc2cccc(Cl)c2Cl)c1COc1cccc(Cl)c1. The van der Waals surface area contributed by atoms with Gasteiger partial charge in [-0.05, 0) is 37.3 Å². The average Bonchev–Trinajstić information content (AvgIpc) is 2.98. The lowest BCUT2D eigenvalue weighted by Gasteiger charge is -2.09. The summed E-state index contributed by atoms with van der Waals surface area (Å²) in [6.45, 7) is 1.80. The number of ether oxygens (including phenoxy) is 1. The van der Waals surface area contributed by atoms with Gasteiger partial charge >= 0.3 is 0 Å². The molecule has 0 atom stereocenters. The third-order valence-corrected chi connectivity index (χ3v) is 4.63. The molecule has 5 nitrogen and oxygen atoms in total. The van der Waals surface area contributed by atoms with Crippen molar-refractivity contribution in [1.82, 2.24) is 5.16 Å². The van der Waals surface area contributed by atoms with E-state index in [1.54, 1.807) is 49.4 Å². The fourth-order valence-corrected chi connectivity index (χ4v) is 2.76. The van der Waals surface area contributed by atoms with Crippen LogP contribution in [0.3, 0.4) is 0 Å². The summed E-state index contributed by atoms with van der Waals surface area (Å²) < 4.78 is 10.8. The number of carbonyl (C=O) groups is 1. The molecule has 0 spiro atoms. The molecule has 26 heavy (non-hydrogen) atoms. The smallest absolute Gasteiger partial charge is 0.278 e. The van der Waals surface area contributed by atoms with Crippen LogP contribution in [0.5, 0.6) is 5.75 Å². The first-order valence-electron chi connectivity index (χ1n) is 7.54. The number of hydrogen-bond acceptors (Lipinski definition) is 4. The van der Waals surface area contributed by atoms with Crippen LogP contribution in [-0.4, -0.2) is 11.1 Å². The number of carbonyl (C=O) groups excluding carboxylic acids is 1. The fraction of sp³-hybridized carbons (Fsp3) is 0.111. The molecule has 0 unspecified atom stereocenters. The van der Waals surface area contributed by atoms with E-state index < -0.39 is 5.91 Å². The van der Waals surface area contributed by atoms with E-state index in [9.17, 15) is 4.79 Å². The Morgan fingerprint density at radius 3 is 2.73 bits per heavy atom. The largest absolute Gasteiger partial charge is 0.489 e. The molecule has 0 fully saturated rings. The second kappa shape index (κ2) is 7.99. The summed E-state index contributed by atoms with van der Waals surface area (Å²) in [6.07, 6.45) is 0. The minimum Gasteiger partial charge on any atom is -0.489 e. The highest BCUT2D eigenvalue weighted by atomic mass is 35.5. The molecule has 0 aliphatic carbocycles. The predicted molar refractivity (Wildman–Crippen MR) is 101 cm³/mol. The Morgan fingerprint density at radius 2 is 1.96 bits per heavy atom. The molecule has 0 aliphatic rings. The number of aryl methyl sites for hydroxylation is 1. The van der Waals surface area contributed by atoms with Crippen molar-refractivity contribution in [3.8, 4) is 5.75 Å². The molecule has 1 aromatic heterocycles. The first-order valence-corrected chi connectivity index (χ1v) is 8.68. The average molecular weight is 412 g/mol. The molecule has 3 aromatic rings. The number of halogens is 3. The number of hydrogen-bond donors (Lipinski definition) is 1. The van der Waals surface area contributed by atoms with Crippen LogP contribution < -0.4 is 10.1 Å². The minimum atomic E-state index is -0.476. The van der Waals surface area contributed by atoms with E-state index in [0.717, 1.165) is 0 Å². The maximum Gasteiger partial charge on any atom is 0.278 e. The van der Waals surface area contributed by atoms with Gasteiger partial charge in [0.2, 0.25) is 0 Å². The van der Waals surface area contributed by atoms with Gasteiger partial charge in [-0.2, -0.15) is 0 Å². The maximum absolute atomic E-state index is 12.6. The lowest BCUT2D eigenvalue weighted by Crippen LogP contribution is -2.15. The van der Waals surface area contributed by atoms with Gasteiger partial charge in [0.1, 0.15) is 18.1 Å². The van der Waals surface area contributed by atoms with Crippen molar-refractivity contribution in [3.05, 3.63) is 74.6 Å². The van der Waals surface area contributed by atoms with Gasteiger partial charge in [-0.1, -0.05) is 52.1 Å². The third-order valence-electron chi connectivity index (χ3n) is 3.58. The lowest BCUT2D eigenvalue weighted by molar-refractivity contribution is 0.101. The van der Waals surface area contributed by atoms with E-state index in [1.165, 1.54) is 0 Å². The second-order valence-electron chi connectivity index (χ2n) is 5.37. The zero-order valence-corrected chi connectivity index (χ0v) is 15.8. The van der Waals surface area contributed by atoms with Crippen LogP contribution in [0.2, 0.25) is 15.1 Å². The molecule has 0 aliphatic heterocycles. The normalized spacial score (nSPS) is 10.6. The number of amides is 1. The van der Waals surface area contributed by atoms with Gasteiger partial charge in [0.05, 0.1) is 21.3 Å². The summed E-state index contributed by atoms with van der Waals surface area (Å²) in [6, 6.07) is 11.9. The zero-order chi connectivity index (χ0) is 18.7. The minimum absolute atomic E-state index is 0.0989. The number of benzene rings is 2. The van der Waals surface area contributed by atoms with Crippen molar-refractivity contribution in [2.24, 2.45) is 0 Å². The van der Waals surface area contributed by atoms with Gasteiger partial charge in [-0.25, -0.2) is 0 Å². The van der Waals surface area contributed by atoms with Gasteiger partial charge in [-0.3, -0.25) is 4.79 Å². The first kappa shape index (κ1) is 18.6. The number of rotatable bonds is 5. The lowest BCUT2D eigenvalue weighted by atomic mass is 10.2. The van der Waals surface area contributed by atoms with Crippen molar-refractivity contribution in [3.63, 3.8) is 0 Å². The number of anilines is 1. The van der Waals surface area contributed by atoms with Crippen LogP contribution in [0.15, 0.2) is 47.0 Å². The van der Waals surface area contributed by atoms with Crippen LogP contribution in [0, 0.1) is 6.92 Å². The van der Waals surface area contributed by atoms with Crippen LogP contribution >= 0.6 is 34.8 Å². The molecule has 0 bridgehead atoms. The van der Waals surface area contributed by atoms with Crippen molar-refractivity contribution < 1.29 is 14.1 Å². The van der Waals surface area contributed by atoms with Crippen LogP contribution in [0.1, 0.15) is 21.8 Å². The van der Waals surface area contributed by atoms with E-state index in [1.807, 2.05) is 0 Å². The predicted octanol–water partition coefficient (Wildman–Crippen LogP) is 5.77. The van der Waals surface area contributed by atoms with E-state index in [-0.39, 0.29) is 17.3 Å². The van der Waals surface area contributed by atoms with Crippen molar-refractivity contribution in [2.75, 3.05) is 5.32 Å². The Balaban J connectivity index is 1.78. The molecule has 2 aromatic carbocycles. The number of aromatic nitrogens is 1. The molecule has 1 amide bonds. The van der Waals surface area contributed by atoms with Crippen molar-refractivity contribution in [1.29, 1.82) is 0 Å². The molecular weight excluding hydrogens is 399 g/mol. The van der Waals surface area contributed by atoms with Crippen molar-refractivity contribution in [2.45, 2.75) is 13.5 Å². The molecule has 134 valence electrons. The van der Waals surface area contributed by atoms with Gasteiger partial charge in [0.15, 0.2) is 5.69 Å². The van der Waals surface area contributed by atoms with Gasteiger partial charge in [0, 0.05) is 5.02 Å².